The maximum atomic E-state index is 11.5. The number of carbonyl (C=O) groups is 1. The molecule has 1 N–H and O–H groups in total. The zero-order valence-electron chi connectivity index (χ0n) is 9.69. The molecule has 94 valence electrons. The number of aryl methyl sites for hydroxylation is 2. The Balaban J connectivity index is 2.02. The molecule has 0 radical (unpaired) electrons. The maximum Gasteiger partial charge on any atom is 0.337 e. The average molecular weight is 247 g/mol. The van der Waals surface area contributed by atoms with E-state index in [1.54, 1.807) is 10.9 Å². The zero-order chi connectivity index (χ0) is 13.0. The predicted octanol–water partition coefficient (Wildman–Crippen LogP) is 0.833. The summed E-state index contributed by atoms with van der Waals surface area (Å²) in [6, 6.07) is 4.42. The number of nitrogens with zero attached hydrogens (tertiary/aromatic N) is 3. The van der Waals surface area contributed by atoms with E-state index in [0.717, 1.165) is 0 Å². The van der Waals surface area contributed by atoms with Crippen molar-refractivity contribution in [3.05, 3.63) is 52.7 Å². The Kier molecular flexibility index (Phi) is 3.57. The molecule has 0 spiro atoms. The van der Waals surface area contributed by atoms with Crippen molar-refractivity contribution in [3.8, 4) is 0 Å². The van der Waals surface area contributed by atoms with Crippen molar-refractivity contribution in [2.45, 2.75) is 19.5 Å². The summed E-state index contributed by atoms with van der Waals surface area (Å²) in [5.41, 5.74) is -0.0749. The van der Waals surface area contributed by atoms with Gasteiger partial charge in [0.05, 0.1) is 5.56 Å². The lowest BCUT2D eigenvalue weighted by molar-refractivity contribution is 0.0695. The Morgan fingerprint density at radius 3 is 2.83 bits per heavy atom. The Labute approximate surface area is 103 Å². The molecule has 2 heterocycles. The van der Waals surface area contributed by atoms with Gasteiger partial charge in [0.2, 0.25) is 0 Å². The van der Waals surface area contributed by atoms with Gasteiger partial charge in [0.25, 0.3) is 5.56 Å². The van der Waals surface area contributed by atoms with Crippen molar-refractivity contribution >= 4 is 5.97 Å². The molecule has 0 atom stereocenters. The summed E-state index contributed by atoms with van der Waals surface area (Å²) < 4.78 is 3.18. The smallest absolute Gasteiger partial charge is 0.337 e. The molecule has 2 aromatic heterocycles. The van der Waals surface area contributed by atoms with Crippen molar-refractivity contribution in [1.82, 2.24) is 14.3 Å². The normalized spacial score (nSPS) is 10.4. The minimum absolute atomic E-state index is 0.119. The van der Waals surface area contributed by atoms with Gasteiger partial charge in [-0.05, 0) is 18.6 Å². The molecular weight excluding hydrogens is 234 g/mol. The lowest BCUT2D eigenvalue weighted by atomic mass is 10.3. The quantitative estimate of drug-likeness (QED) is 0.849. The molecule has 18 heavy (non-hydrogen) atoms. The fourth-order valence-corrected chi connectivity index (χ4v) is 1.67. The Hall–Kier alpha value is -2.37. The zero-order valence-corrected chi connectivity index (χ0v) is 9.69. The van der Waals surface area contributed by atoms with Crippen LogP contribution in [0.4, 0.5) is 0 Å². The fourth-order valence-electron chi connectivity index (χ4n) is 1.67. The van der Waals surface area contributed by atoms with E-state index in [2.05, 4.69) is 5.10 Å². The molecule has 0 saturated heterocycles. The molecular formula is C12H13N3O3. The van der Waals surface area contributed by atoms with Crippen LogP contribution in [-0.4, -0.2) is 25.4 Å². The molecule has 6 nitrogen and oxygen atoms in total. The van der Waals surface area contributed by atoms with Gasteiger partial charge < -0.3 is 9.67 Å². The minimum Gasteiger partial charge on any atom is -0.478 e. The van der Waals surface area contributed by atoms with Crippen molar-refractivity contribution in [1.29, 1.82) is 0 Å². The van der Waals surface area contributed by atoms with Crippen LogP contribution in [0.5, 0.6) is 0 Å². The third kappa shape index (κ3) is 2.85. The van der Waals surface area contributed by atoms with Crippen LogP contribution in [0.3, 0.4) is 0 Å². The highest BCUT2D eigenvalue weighted by Gasteiger charge is 2.04. The summed E-state index contributed by atoms with van der Waals surface area (Å²) in [7, 11) is 0. The number of aromatic carboxylic acids is 1. The number of aromatic nitrogens is 3. The van der Waals surface area contributed by atoms with Crippen molar-refractivity contribution < 1.29 is 9.90 Å². The van der Waals surface area contributed by atoms with Gasteiger partial charge in [-0.15, -0.1) is 0 Å². The molecule has 2 aromatic rings. The van der Waals surface area contributed by atoms with Gasteiger partial charge in [0.15, 0.2) is 0 Å². The fraction of sp³-hybridized carbons (Fsp3) is 0.250. The Bertz CT molecular complexity index is 587. The van der Waals surface area contributed by atoms with Gasteiger partial charge in [-0.2, -0.15) is 5.10 Å². The van der Waals surface area contributed by atoms with Gasteiger partial charge in [0, 0.05) is 37.7 Å². The summed E-state index contributed by atoms with van der Waals surface area (Å²) in [5.74, 6) is -1.03. The van der Waals surface area contributed by atoms with Crippen LogP contribution < -0.4 is 5.56 Å². The molecule has 0 amide bonds. The van der Waals surface area contributed by atoms with Crippen LogP contribution in [0.1, 0.15) is 16.8 Å². The first-order valence-corrected chi connectivity index (χ1v) is 5.58. The first-order chi connectivity index (χ1) is 8.66. The topological polar surface area (TPSA) is 77.1 Å². The summed E-state index contributed by atoms with van der Waals surface area (Å²) in [4.78, 5) is 22.3. The maximum absolute atomic E-state index is 11.5. The molecule has 0 aliphatic carbocycles. The van der Waals surface area contributed by atoms with Gasteiger partial charge in [0.1, 0.15) is 0 Å². The first kappa shape index (κ1) is 12.1. The number of carboxylic acid groups (broad SMARTS) is 1. The van der Waals surface area contributed by atoms with Crippen LogP contribution in [0.15, 0.2) is 41.6 Å². The number of rotatable bonds is 5. The molecule has 0 bridgehead atoms. The van der Waals surface area contributed by atoms with Gasteiger partial charge >= 0.3 is 5.97 Å². The summed E-state index contributed by atoms with van der Waals surface area (Å²) in [6.45, 7) is 1.16. The van der Waals surface area contributed by atoms with E-state index in [-0.39, 0.29) is 11.1 Å². The van der Waals surface area contributed by atoms with Gasteiger partial charge in [-0.1, -0.05) is 0 Å². The van der Waals surface area contributed by atoms with Crippen molar-refractivity contribution in [3.63, 3.8) is 0 Å². The van der Waals surface area contributed by atoms with Crippen LogP contribution in [0.2, 0.25) is 0 Å². The SMILES string of the molecule is O=C(O)c1ccc(=O)n(CCCn2cccn2)c1. The van der Waals surface area contributed by atoms with Gasteiger partial charge in [-0.3, -0.25) is 9.48 Å². The molecule has 6 heteroatoms. The summed E-state index contributed by atoms with van der Waals surface area (Å²) >= 11 is 0. The standard InChI is InChI=1S/C12H13N3O3/c16-11-4-3-10(12(17)18)9-14(11)6-2-8-15-7-1-5-13-15/h1,3-5,7,9H,2,6,8H2,(H,17,18). The van der Waals surface area contributed by atoms with Crippen molar-refractivity contribution in [2.24, 2.45) is 0 Å². The predicted molar refractivity (Wildman–Crippen MR) is 64.5 cm³/mol. The van der Waals surface area contributed by atoms with E-state index in [0.29, 0.717) is 19.5 Å². The second-order valence-electron chi connectivity index (χ2n) is 3.88. The van der Waals surface area contributed by atoms with E-state index in [9.17, 15) is 9.59 Å². The second kappa shape index (κ2) is 5.31. The summed E-state index contributed by atoms with van der Waals surface area (Å²) in [6.07, 6.45) is 5.62. The highest BCUT2D eigenvalue weighted by molar-refractivity contribution is 5.87. The number of hydrogen-bond donors (Lipinski definition) is 1. The molecule has 0 fully saturated rings. The molecule has 2 rings (SSSR count). The van der Waals surface area contributed by atoms with Crippen LogP contribution in [0, 0.1) is 0 Å². The molecule has 0 aromatic carbocycles. The van der Waals surface area contributed by atoms with E-state index in [1.807, 2.05) is 12.3 Å². The third-order valence-corrected chi connectivity index (χ3v) is 2.58. The first-order valence-electron chi connectivity index (χ1n) is 5.58. The van der Waals surface area contributed by atoms with E-state index in [4.69, 9.17) is 5.11 Å². The number of pyridine rings is 1. The minimum atomic E-state index is -1.03. The van der Waals surface area contributed by atoms with E-state index in [1.165, 1.54) is 22.9 Å². The van der Waals surface area contributed by atoms with Crippen LogP contribution >= 0.6 is 0 Å². The molecule has 0 saturated carbocycles. The van der Waals surface area contributed by atoms with Crippen LogP contribution in [0.25, 0.3) is 0 Å². The molecule has 0 unspecified atom stereocenters. The summed E-state index contributed by atoms with van der Waals surface area (Å²) in [5, 5.41) is 12.9. The average Bonchev–Trinajstić information content (AvgIpc) is 2.84. The number of hydrogen-bond acceptors (Lipinski definition) is 3. The highest BCUT2D eigenvalue weighted by atomic mass is 16.4. The van der Waals surface area contributed by atoms with E-state index >= 15 is 0 Å². The Morgan fingerprint density at radius 2 is 2.17 bits per heavy atom. The van der Waals surface area contributed by atoms with E-state index < -0.39 is 5.97 Å². The van der Waals surface area contributed by atoms with Gasteiger partial charge in [-0.25, -0.2) is 4.79 Å². The largest absolute Gasteiger partial charge is 0.478 e. The third-order valence-electron chi connectivity index (χ3n) is 2.58. The monoisotopic (exact) mass is 247 g/mol. The number of carboxylic acids is 1. The molecule has 0 aliphatic rings. The highest BCUT2D eigenvalue weighted by Crippen LogP contribution is 1.98. The Morgan fingerprint density at radius 1 is 1.33 bits per heavy atom. The lowest BCUT2D eigenvalue weighted by Gasteiger charge is -2.06. The van der Waals surface area contributed by atoms with Crippen LogP contribution in [-0.2, 0) is 13.1 Å². The molecule has 0 aliphatic heterocycles. The second-order valence-corrected chi connectivity index (χ2v) is 3.88. The van der Waals surface area contributed by atoms with Crippen molar-refractivity contribution in [2.75, 3.05) is 0 Å². The lowest BCUT2D eigenvalue weighted by Crippen LogP contribution is -2.21.